The van der Waals surface area contributed by atoms with E-state index in [0.717, 1.165) is 37.7 Å². The third-order valence-corrected chi connectivity index (χ3v) is 2.33. The van der Waals surface area contributed by atoms with Gasteiger partial charge in [0.05, 0.1) is 6.54 Å². The highest BCUT2D eigenvalue weighted by atomic mass is 15.3. The van der Waals surface area contributed by atoms with Gasteiger partial charge < -0.3 is 15.6 Å². The second-order valence-electron chi connectivity index (χ2n) is 3.39. The Morgan fingerprint density at radius 1 is 1.62 bits per heavy atom. The number of nitrogens with zero attached hydrogens (tertiary/aromatic N) is 3. The highest BCUT2D eigenvalue weighted by molar-refractivity contribution is 4.98. The van der Waals surface area contributed by atoms with Gasteiger partial charge in [-0.05, 0) is 0 Å². The molecule has 2 rings (SSSR count). The van der Waals surface area contributed by atoms with Crippen LogP contribution in [0.3, 0.4) is 0 Å². The fourth-order valence-corrected chi connectivity index (χ4v) is 1.64. The van der Waals surface area contributed by atoms with Crippen LogP contribution >= 0.6 is 0 Å². The van der Waals surface area contributed by atoms with Gasteiger partial charge in [0, 0.05) is 25.6 Å². The van der Waals surface area contributed by atoms with Crippen LogP contribution in [0.5, 0.6) is 0 Å². The Hall–Kier alpha value is -0.940. The third kappa shape index (κ3) is 1.57. The fourth-order valence-electron chi connectivity index (χ4n) is 1.64. The Morgan fingerprint density at radius 2 is 2.46 bits per heavy atom. The van der Waals surface area contributed by atoms with Crippen molar-refractivity contribution in [3.63, 3.8) is 0 Å². The molecule has 1 aliphatic heterocycles. The zero-order valence-corrected chi connectivity index (χ0v) is 7.82. The van der Waals surface area contributed by atoms with Crippen molar-refractivity contribution >= 4 is 0 Å². The van der Waals surface area contributed by atoms with Crippen LogP contribution in [0.1, 0.15) is 18.6 Å². The standard InChI is InChI=1S/C8H15N5/c1-2-7-11-12-8-4-10-3-6(9)5-13(7)8/h6,10H,2-5,9H2,1H3. The van der Waals surface area contributed by atoms with E-state index in [1.165, 1.54) is 0 Å². The lowest BCUT2D eigenvalue weighted by Crippen LogP contribution is -2.34. The fraction of sp³-hybridized carbons (Fsp3) is 0.750. The van der Waals surface area contributed by atoms with Gasteiger partial charge in [-0.2, -0.15) is 0 Å². The van der Waals surface area contributed by atoms with E-state index < -0.39 is 0 Å². The molecule has 1 aromatic heterocycles. The average Bonchev–Trinajstić information content (AvgIpc) is 2.39. The Morgan fingerprint density at radius 3 is 3.23 bits per heavy atom. The lowest BCUT2D eigenvalue weighted by molar-refractivity contribution is 0.536. The van der Waals surface area contributed by atoms with Crippen LogP contribution in [0.25, 0.3) is 0 Å². The van der Waals surface area contributed by atoms with E-state index >= 15 is 0 Å². The van der Waals surface area contributed by atoms with Crippen molar-refractivity contribution in [2.45, 2.75) is 32.5 Å². The molecule has 13 heavy (non-hydrogen) atoms. The predicted octanol–water partition coefficient (Wildman–Crippen LogP) is -0.729. The summed E-state index contributed by atoms with van der Waals surface area (Å²) in [5.74, 6) is 2.04. The highest BCUT2D eigenvalue weighted by Gasteiger charge is 2.16. The number of aromatic nitrogens is 3. The van der Waals surface area contributed by atoms with Gasteiger partial charge in [-0.15, -0.1) is 10.2 Å². The Labute approximate surface area is 77.3 Å². The maximum atomic E-state index is 5.89. The van der Waals surface area contributed by atoms with Crippen LogP contribution < -0.4 is 11.1 Å². The van der Waals surface area contributed by atoms with E-state index in [2.05, 4.69) is 27.0 Å². The van der Waals surface area contributed by atoms with Crippen molar-refractivity contribution < 1.29 is 0 Å². The molecular formula is C8H15N5. The van der Waals surface area contributed by atoms with Crippen molar-refractivity contribution in [1.29, 1.82) is 0 Å². The number of aryl methyl sites for hydroxylation is 1. The molecule has 72 valence electrons. The molecule has 0 bridgehead atoms. The molecule has 0 spiro atoms. The predicted molar refractivity (Wildman–Crippen MR) is 49.1 cm³/mol. The lowest BCUT2D eigenvalue weighted by atomic mass is 10.3. The van der Waals surface area contributed by atoms with Crippen LogP contribution in [0, 0.1) is 0 Å². The number of rotatable bonds is 1. The monoisotopic (exact) mass is 181 g/mol. The number of nitrogens with two attached hydrogens (primary N) is 1. The first-order valence-electron chi connectivity index (χ1n) is 4.68. The van der Waals surface area contributed by atoms with Crippen molar-refractivity contribution in [2.75, 3.05) is 6.54 Å². The summed E-state index contributed by atoms with van der Waals surface area (Å²) in [4.78, 5) is 0. The second kappa shape index (κ2) is 3.43. The van der Waals surface area contributed by atoms with Crippen LogP contribution in [0.2, 0.25) is 0 Å². The Kier molecular flexibility index (Phi) is 2.28. The van der Waals surface area contributed by atoms with E-state index in [0.29, 0.717) is 0 Å². The van der Waals surface area contributed by atoms with Crippen molar-refractivity contribution in [2.24, 2.45) is 5.73 Å². The first kappa shape index (κ1) is 8.65. The van der Waals surface area contributed by atoms with Gasteiger partial charge >= 0.3 is 0 Å². The summed E-state index contributed by atoms with van der Waals surface area (Å²) in [5, 5.41) is 11.5. The van der Waals surface area contributed by atoms with Gasteiger partial charge in [0.2, 0.25) is 0 Å². The van der Waals surface area contributed by atoms with E-state index in [1.54, 1.807) is 0 Å². The molecule has 5 nitrogen and oxygen atoms in total. The normalized spacial score (nSPS) is 22.5. The van der Waals surface area contributed by atoms with Gasteiger partial charge in [-0.25, -0.2) is 0 Å². The number of hydrogen-bond acceptors (Lipinski definition) is 4. The minimum atomic E-state index is 0.169. The molecule has 0 amide bonds. The molecule has 1 unspecified atom stereocenters. The van der Waals surface area contributed by atoms with E-state index in [-0.39, 0.29) is 6.04 Å². The molecule has 1 aliphatic rings. The molecule has 5 heteroatoms. The zero-order chi connectivity index (χ0) is 9.26. The van der Waals surface area contributed by atoms with Gasteiger partial charge in [0.25, 0.3) is 0 Å². The largest absolute Gasteiger partial charge is 0.325 e. The van der Waals surface area contributed by atoms with Gasteiger partial charge in [0.1, 0.15) is 11.6 Å². The molecule has 1 aromatic rings. The first-order chi connectivity index (χ1) is 6.31. The summed E-state index contributed by atoms with van der Waals surface area (Å²) in [5.41, 5.74) is 5.89. The summed E-state index contributed by atoms with van der Waals surface area (Å²) >= 11 is 0. The molecule has 2 heterocycles. The van der Waals surface area contributed by atoms with Crippen LogP contribution in [-0.2, 0) is 19.5 Å². The van der Waals surface area contributed by atoms with Crippen LogP contribution in [0.4, 0.5) is 0 Å². The minimum absolute atomic E-state index is 0.169. The summed E-state index contributed by atoms with van der Waals surface area (Å²) in [6.45, 7) is 4.55. The minimum Gasteiger partial charge on any atom is -0.325 e. The zero-order valence-electron chi connectivity index (χ0n) is 7.82. The number of nitrogens with one attached hydrogen (secondary N) is 1. The molecule has 3 N–H and O–H groups in total. The second-order valence-corrected chi connectivity index (χ2v) is 3.39. The number of fused-ring (bicyclic) bond motifs is 1. The Balaban J connectivity index is 2.32. The SMILES string of the molecule is CCc1nnc2n1CC(N)CNC2. The van der Waals surface area contributed by atoms with Gasteiger partial charge in [0.15, 0.2) is 0 Å². The van der Waals surface area contributed by atoms with Crippen molar-refractivity contribution in [3.05, 3.63) is 11.6 Å². The molecule has 0 fully saturated rings. The van der Waals surface area contributed by atoms with E-state index in [9.17, 15) is 0 Å². The average molecular weight is 181 g/mol. The van der Waals surface area contributed by atoms with Gasteiger partial charge in [-0.1, -0.05) is 6.92 Å². The lowest BCUT2D eigenvalue weighted by Gasteiger charge is -2.09. The summed E-state index contributed by atoms with van der Waals surface area (Å²) in [6.07, 6.45) is 0.916. The molecule has 1 atom stereocenters. The third-order valence-electron chi connectivity index (χ3n) is 2.33. The van der Waals surface area contributed by atoms with Crippen molar-refractivity contribution in [1.82, 2.24) is 20.1 Å². The topological polar surface area (TPSA) is 68.8 Å². The Bertz CT molecular complexity index is 293. The molecular weight excluding hydrogens is 166 g/mol. The summed E-state index contributed by atoms with van der Waals surface area (Å²) < 4.78 is 2.13. The molecule has 0 radical (unpaired) electrons. The summed E-state index contributed by atoms with van der Waals surface area (Å²) in [7, 11) is 0. The first-order valence-corrected chi connectivity index (χ1v) is 4.68. The van der Waals surface area contributed by atoms with Crippen LogP contribution in [0.15, 0.2) is 0 Å². The maximum Gasteiger partial charge on any atom is 0.147 e. The quantitative estimate of drug-likeness (QED) is 0.599. The maximum absolute atomic E-state index is 5.89. The van der Waals surface area contributed by atoms with Gasteiger partial charge in [-0.3, -0.25) is 0 Å². The highest BCUT2D eigenvalue weighted by Crippen LogP contribution is 2.06. The smallest absolute Gasteiger partial charge is 0.147 e. The molecule has 0 saturated heterocycles. The van der Waals surface area contributed by atoms with Crippen LogP contribution in [-0.4, -0.2) is 27.4 Å². The van der Waals surface area contributed by atoms with Crippen molar-refractivity contribution in [3.8, 4) is 0 Å². The number of hydrogen-bond donors (Lipinski definition) is 2. The molecule has 0 aliphatic carbocycles. The van der Waals surface area contributed by atoms with E-state index in [1.807, 2.05) is 0 Å². The molecule has 0 aromatic carbocycles. The van der Waals surface area contributed by atoms with E-state index in [4.69, 9.17) is 5.73 Å². The molecule has 0 saturated carbocycles. The summed E-state index contributed by atoms with van der Waals surface area (Å²) in [6, 6.07) is 0.169.